The molecule has 5 nitrogen and oxygen atoms in total. The van der Waals surface area contributed by atoms with Crippen LogP contribution in [-0.2, 0) is 9.59 Å². The Morgan fingerprint density at radius 3 is 2.71 bits per heavy atom. The van der Waals surface area contributed by atoms with Crippen molar-refractivity contribution in [2.45, 2.75) is 26.2 Å². The van der Waals surface area contributed by atoms with Gasteiger partial charge in [-0.2, -0.15) is 0 Å². The van der Waals surface area contributed by atoms with Gasteiger partial charge in [-0.3, -0.25) is 14.6 Å². The number of aromatic nitrogens is 1. The number of para-hydroxylation sites is 1. The molecule has 0 aliphatic rings. The van der Waals surface area contributed by atoms with Crippen molar-refractivity contribution in [3.8, 4) is 0 Å². The number of fused-ring (bicyclic) bond motifs is 1. The van der Waals surface area contributed by atoms with Gasteiger partial charge in [0.25, 0.3) is 0 Å². The lowest BCUT2D eigenvalue weighted by Crippen LogP contribution is -2.35. The third-order valence-electron chi connectivity index (χ3n) is 3.15. The minimum absolute atomic E-state index is 0.522. The molecule has 0 aliphatic carbocycles. The van der Waals surface area contributed by atoms with Crippen molar-refractivity contribution in [3.05, 3.63) is 36.5 Å². The number of carbonyl (C=O) groups is 2. The second-order valence-corrected chi connectivity index (χ2v) is 4.80. The molecule has 110 valence electrons. The molecule has 1 aromatic heterocycles. The summed E-state index contributed by atoms with van der Waals surface area (Å²) in [6.45, 7) is 2.61. The number of hydrogen-bond acceptors (Lipinski definition) is 3. The van der Waals surface area contributed by atoms with Gasteiger partial charge in [0.1, 0.15) is 0 Å². The third-order valence-corrected chi connectivity index (χ3v) is 3.15. The molecule has 2 aromatic rings. The van der Waals surface area contributed by atoms with E-state index in [2.05, 4.69) is 22.5 Å². The monoisotopic (exact) mass is 285 g/mol. The Labute approximate surface area is 123 Å². The summed E-state index contributed by atoms with van der Waals surface area (Å²) in [5.74, 6) is -1.27. The summed E-state index contributed by atoms with van der Waals surface area (Å²) in [6.07, 6.45) is 4.65. The van der Waals surface area contributed by atoms with Crippen LogP contribution >= 0.6 is 0 Å². The van der Waals surface area contributed by atoms with Crippen LogP contribution in [0.5, 0.6) is 0 Å². The molecule has 1 heterocycles. The second-order valence-electron chi connectivity index (χ2n) is 4.80. The molecule has 0 atom stereocenters. The first-order valence-corrected chi connectivity index (χ1v) is 7.15. The van der Waals surface area contributed by atoms with Gasteiger partial charge in [-0.25, -0.2) is 0 Å². The van der Waals surface area contributed by atoms with E-state index < -0.39 is 11.8 Å². The normalized spacial score (nSPS) is 10.3. The predicted octanol–water partition coefficient (Wildman–Crippen LogP) is 2.48. The Hall–Kier alpha value is -2.43. The van der Waals surface area contributed by atoms with Gasteiger partial charge in [0.2, 0.25) is 0 Å². The molecule has 2 N–H and O–H groups in total. The summed E-state index contributed by atoms with van der Waals surface area (Å²) in [4.78, 5) is 27.8. The topological polar surface area (TPSA) is 71.1 Å². The van der Waals surface area contributed by atoms with E-state index in [0.717, 1.165) is 24.6 Å². The van der Waals surface area contributed by atoms with Crippen LogP contribution in [0.1, 0.15) is 26.2 Å². The van der Waals surface area contributed by atoms with Crippen LogP contribution in [0.15, 0.2) is 36.5 Å². The van der Waals surface area contributed by atoms with Crippen molar-refractivity contribution >= 4 is 28.4 Å². The Morgan fingerprint density at radius 2 is 1.90 bits per heavy atom. The number of hydrogen-bond donors (Lipinski definition) is 2. The van der Waals surface area contributed by atoms with Crippen molar-refractivity contribution in [3.63, 3.8) is 0 Å². The van der Waals surface area contributed by atoms with Gasteiger partial charge < -0.3 is 10.6 Å². The van der Waals surface area contributed by atoms with Crippen LogP contribution in [0.25, 0.3) is 10.9 Å². The highest BCUT2D eigenvalue weighted by Crippen LogP contribution is 2.20. The van der Waals surface area contributed by atoms with E-state index in [9.17, 15) is 9.59 Å². The zero-order valence-corrected chi connectivity index (χ0v) is 12.1. The molecule has 2 amide bonds. The largest absolute Gasteiger partial charge is 0.348 e. The Balaban J connectivity index is 1.99. The summed E-state index contributed by atoms with van der Waals surface area (Å²) in [5, 5.41) is 6.14. The maximum Gasteiger partial charge on any atom is 0.313 e. The lowest BCUT2D eigenvalue weighted by molar-refractivity contribution is -0.136. The fourth-order valence-electron chi connectivity index (χ4n) is 2.04. The maximum absolute atomic E-state index is 11.9. The number of amides is 2. The third kappa shape index (κ3) is 4.02. The number of rotatable bonds is 5. The van der Waals surface area contributed by atoms with Crippen LogP contribution in [0.2, 0.25) is 0 Å². The van der Waals surface area contributed by atoms with E-state index in [0.29, 0.717) is 17.7 Å². The van der Waals surface area contributed by atoms with Gasteiger partial charge in [0.15, 0.2) is 0 Å². The molecule has 0 bridgehead atoms. The minimum atomic E-state index is -0.662. The molecule has 5 heteroatoms. The summed E-state index contributed by atoms with van der Waals surface area (Å²) in [5.41, 5.74) is 1.22. The second kappa shape index (κ2) is 7.38. The van der Waals surface area contributed by atoms with Crippen molar-refractivity contribution in [1.82, 2.24) is 10.3 Å². The van der Waals surface area contributed by atoms with Crippen molar-refractivity contribution in [2.24, 2.45) is 0 Å². The molecule has 0 saturated heterocycles. The average Bonchev–Trinajstić information content (AvgIpc) is 2.51. The fraction of sp³-hybridized carbons (Fsp3) is 0.312. The predicted molar refractivity (Wildman–Crippen MR) is 82.9 cm³/mol. The van der Waals surface area contributed by atoms with Gasteiger partial charge in [-0.1, -0.05) is 38.0 Å². The molecule has 0 aliphatic heterocycles. The Morgan fingerprint density at radius 1 is 1.10 bits per heavy atom. The molecule has 21 heavy (non-hydrogen) atoms. The van der Waals surface area contributed by atoms with E-state index in [1.165, 1.54) is 0 Å². The quantitative estimate of drug-likeness (QED) is 0.655. The lowest BCUT2D eigenvalue weighted by atomic mass is 10.2. The van der Waals surface area contributed by atoms with Crippen molar-refractivity contribution in [1.29, 1.82) is 0 Å². The van der Waals surface area contributed by atoms with Crippen molar-refractivity contribution < 1.29 is 9.59 Å². The summed E-state index contributed by atoms with van der Waals surface area (Å²) in [7, 11) is 0. The number of nitrogens with zero attached hydrogens (tertiary/aromatic N) is 1. The van der Waals surface area contributed by atoms with Crippen LogP contribution in [0, 0.1) is 0 Å². The Kier molecular flexibility index (Phi) is 5.26. The molecule has 0 spiro atoms. The van der Waals surface area contributed by atoms with E-state index in [4.69, 9.17) is 0 Å². The van der Waals surface area contributed by atoms with Crippen LogP contribution in [0.3, 0.4) is 0 Å². The smallest absolute Gasteiger partial charge is 0.313 e. The number of nitrogens with one attached hydrogen (secondary N) is 2. The van der Waals surface area contributed by atoms with Gasteiger partial charge in [-0.05, 0) is 18.6 Å². The summed E-state index contributed by atoms with van der Waals surface area (Å²) in [6, 6.07) is 9.19. The van der Waals surface area contributed by atoms with Gasteiger partial charge in [-0.15, -0.1) is 0 Å². The minimum Gasteiger partial charge on any atom is -0.348 e. The number of pyridine rings is 1. The van der Waals surface area contributed by atoms with Crippen LogP contribution in [0.4, 0.5) is 5.69 Å². The average molecular weight is 285 g/mol. The molecule has 1 aromatic carbocycles. The SMILES string of the molecule is CCCCCNC(=O)C(=O)Nc1cccc2cccnc12. The van der Waals surface area contributed by atoms with Gasteiger partial charge >= 0.3 is 11.8 Å². The number of unbranched alkanes of at least 4 members (excludes halogenated alkanes) is 2. The molecule has 2 rings (SSSR count). The number of benzene rings is 1. The first-order chi connectivity index (χ1) is 10.2. The maximum atomic E-state index is 11.9. The molecule has 0 saturated carbocycles. The standard InChI is InChI=1S/C16H19N3O2/c1-2-3-4-10-18-15(20)16(21)19-13-9-5-7-12-8-6-11-17-14(12)13/h5-9,11H,2-4,10H2,1H3,(H,18,20)(H,19,21). The lowest BCUT2D eigenvalue weighted by Gasteiger charge is -2.08. The van der Waals surface area contributed by atoms with E-state index >= 15 is 0 Å². The summed E-state index contributed by atoms with van der Waals surface area (Å²) >= 11 is 0. The molecule has 0 unspecified atom stereocenters. The Bertz CT molecular complexity index is 635. The zero-order valence-electron chi connectivity index (χ0n) is 12.1. The van der Waals surface area contributed by atoms with Crippen LogP contribution in [-0.4, -0.2) is 23.3 Å². The molecule has 0 radical (unpaired) electrons. The highest BCUT2D eigenvalue weighted by Gasteiger charge is 2.14. The zero-order chi connectivity index (χ0) is 15.1. The van der Waals surface area contributed by atoms with Gasteiger partial charge in [0, 0.05) is 18.1 Å². The van der Waals surface area contributed by atoms with Gasteiger partial charge in [0.05, 0.1) is 11.2 Å². The fourth-order valence-corrected chi connectivity index (χ4v) is 2.04. The van der Waals surface area contributed by atoms with Crippen LogP contribution < -0.4 is 10.6 Å². The van der Waals surface area contributed by atoms with Crippen molar-refractivity contribution in [2.75, 3.05) is 11.9 Å². The van der Waals surface area contributed by atoms with E-state index in [-0.39, 0.29) is 0 Å². The summed E-state index contributed by atoms with van der Waals surface area (Å²) < 4.78 is 0. The number of anilines is 1. The first-order valence-electron chi connectivity index (χ1n) is 7.15. The number of carbonyl (C=O) groups excluding carboxylic acids is 2. The molecular formula is C16H19N3O2. The highest BCUT2D eigenvalue weighted by atomic mass is 16.2. The van der Waals surface area contributed by atoms with E-state index in [1.54, 1.807) is 12.3 Å². The molecule has 0 fully saturated rings. The van der Waals surface area contributed by atoms with E-state index in [1.807, 2.05) is 24.3 Å². The molecular weight excluding hydrogens is 266 g/mol. The first kappa shape index (κ1) is 15.0. The highest BCUT2D eigenvalue weighted by molar-refractivity contribution is 6.40.